The number of aliphatic hydroxyl groups is 1. The van der Waals surface area contributed by atoms with Gasteiger partial charge in [0.2, 0.25) is 11.7 Å². The second-order valence-corrected chi connectivity index (χ2v) is 13.4. The van der Waals surface area contributed by atoms with Gasteiger partial charge in [-0.2, -0.15) is 4.98 Å². The maximum atomic E-state index is 12.5. The number of aromatic nitrogens is 3. The maximum absolute atomic E-state index is 12.5. The van der Waals surface area contributed by atoms with Crippen LogP contribution in [-0.4, -0.2) is 75.0 Å². The maximum Gasteiger partial charge on any atom is 0.410 e. The zero-order valence-corrected chi connectivity index (χ0v) is 25.3. The number of piperidine rings is 1. The lowest BCUT2D eigenvalue weighted by atomic mass is 9.62. The van der Waals surface area contributed by atoms with Crippen LogP contribution in [0, 0.1) is 5.41 Å². The van der Waals surface area contributed by atoms with Crippen LogP contribution in [0.5, 0.6) is 0 Å². The lowest BCUT2D eigenvalue weighted by Gasteiger charge is -2.55. The van der Waals surface area contributed by atoms with Crippen LogP contribution < -0.4 is 0 Å². The lowest BCUT2D eigenvalue weighted by molar-refractivity contribution is -0.127. The molecule has 1 N–H and O–H groups in total. The standard InChI is InChI=1S/C32H43N5O4/c1-21(2)22-8-10-25(11-9-22)32(39,31(6)19-36(7)20-31)26-16-24(17-33-18-26)27-34-28(41-35-27)23-12-14-37(15-13-23)29(38)40-30(3,4)5/h8-11,16-18,21,23,39H,12-15,19-20H2,1-7H3/t32-/m0/s1. The Labute approximate surface area is 242 Å². The van der Waals surface area contributed by atoms with Gasteiger partial charge in [-0.25, -0.2) is 4.79 Å². The number of hydrogen-bond acceptors (Lipinski definition) is 8. The predicted octanol–water partition coefficient (Wildman–Crippen LogP) is 5.56. The average Bonchev–Trinajstić information content (AvgIpc) is 3.41. The van der Waals surface area contributed by atoms with Crippen molar-refractivity contribution in [2.75, 3.05) is 33.2 Å². The minimum atomic E-state index is -1.25. The van der Waals surface area contributed by atoms with Gasteiger partial charge in [-0.05, 0) is 63.8 Å². The molecule has 2 fully saturated rings. The number of likely N-dealkylation sites (tertiary alicyclic amines) is 2. The Morgan fingerprint density at radius 1 is 1.10 bits per heavy atom. The Morgan fingerprint density at radius 2 is 1.76 bits per heavy atom. The summed E-state index contributed by atoms with van der Waals surface area (Å²) in [6.45, 7) is 14.7. The van der Waals surface area contributed by atoms with Gasteiger partial charge in [-0.3, -0.25) is 4.98 Å². The van der Waals surface area contributed by atoms with Crippen molar-refractivity contribution in [3.63, 3.8) is 0 Å². The number of carbonyl (C=O) groups is 1. The summed E-state index contributed by atoms with van der Waals surface area (Å²) >= 11 is 0. The fourth-order valence-corrected chi connectivity index (χ4v) is 6.26. The van der Waals surface area contributed by atoms with E-state index in [1.54, 1.807) is 17.3 Å². The van der Waals surface area contributed by atoms with Crippen molar-refractivity contribution in [2.45, 2.75) is 77.4 Å². The van der Waals surface area contributed by atoms with Crippen molar-refractivity contribution in [1.82, 2.24) is 24.9 Å². The minimum Gasteiger partial charge on any atom is -0.444 e. The van der Waals surface area contributed by atoms with Gasteiger partial charge >= 0.3 is 6.09 Å². The summed E-state index contributed by atoms with van der Waals surface area (Å²) in [5.41, 5.74) is 1.31. The molecule has 3 aromatic rings. The third-order valence-electron chi connectivity index (χ3n) is 8.46. The van der Waals surface area contributed by atoms with E-state index in [0.717, 1.165) is 31.5 Å². The van der Waals surface area contributed by atoms with Crippen molar-refractivity contribution in [3.05, 3.63) is 65.3 Å². The molecular formula is C32H43N5O4. The van der Waals surface area contributed by atoms with E-state index in [2.05, 4.69) is 55.0 Å². The number of amides is 1. The molecule has 1 atom stereocenters. The molecule has 0 bridgehead atoms. The van der Waals surface area contributed by atoms with Gasteiger partial charge in [0.1, 0.15) is 11.2 Å². The highest BCUT2D eigenvalue weighted by Crippen LogP contribution is 2.50. The Hall–Kier alpha value is -3.30. The Morgan fingerprint density at radius 3 is 2.34 bits per heavy atom. The van der Waals surface area contributed by atoms with E-state index in [4.69, 9.17) is 14.2 Å². The number of ether oxygens (including phenoxy) is 1. The molecule has 41 heavy (non-hydrogen) atoms. The smallest absolute Gasteiger partial charge is 0.410 e. The van der Waals surface area contributed by atoms with Gasteiger partial charge in [0.25, 0.3) is 0 Å². The monoisotopic (exact) mass is 561 g/mol. The summed E-state index contributed by atoms with van der Waals surface area (Å²) in [5, 5.41) is 16.8. The summed E-state index contributed by atoms with van der Waals surface area (Å²) in [5.74, 6) is 1.47. The van der Waals surface area contributed by atoms with Crippen molar-refractivity contribution in [1.29, 1.82) is 0 Å². The van der Waals surface area contributed by atoms with Gasteiger partial charge in [-0.15, -0.1) is 0 Å². The summed E-state index contributed by atoms with van der Waals surface area (Å²) in [6, 6.07) is 10.2. The van der Waals surface area contributed by atoms with Crippen LogP contribution in [0.15, 0.2) is 47.2 Å². The van der Waals surface area contributed by atoms with Crippen molar-refractivity contribution in [2.24, 2.45) is 5.41 Å². The molecule has 220 valence electrons. The SMILES string of the molecule is CC(C)c1ccc([C@](O)(c2cncc(-c3noc(C4CCN(C(=O)OC(C)(C)C)CC4)n3)c2)C2(C)CN(C)C2)cc1. The lowest BCUT2D eigenvalue weighted by Crippen LogP contribution is -2.63. The van der Waals surface area contributed by atoms with Crippen molar-refractivity contribution >= 4 is 6.09 Å². The van der Waals surface area contributed by atoms with Gasteiger partial charge < -0.3 is 24.2 Å². The Bertz CT molecular complexity index is 1370. The summed E-state index contributed by atoms with van der Waals surface area (Å²) in [7, 11) is 2.07. The molecule has 0 unspecified atom stereocenters. The number of hydrogen-bond donors (Lipinski definition) is 1. The van der Waals surface area contributed by atoms with Crippen molar-refractivity contribution < 1.29 is 19.2 Å². The van der Waals surface area contributed by atoms with Crippen LogP contribution in [0.3, 0.4) is 0 Å². The molecule has 2 aromatic heterocycles. The van der Waals surface area contributed by atoms with Crippen LogP contribution in [-0.2, 0) is 10.3 Å². The number of rotatable bonds is 6. The largest absolute Gasteiger partial charge is 0.444 e. The molecule has 0 aliphatic carbocycles. The molecule has 2 aliphatic heterocycles. The van der Waals surface area contributed by atoms with Crippen LogP contribution in [0.2, 0.25) is 0 Å². The summed E-state index contributed by atoms with van der Waals surface area (Å²) in [4.78, 5) is 25.6. The second kappa shape index (κ2) is 10.8. The fourth-order valence-electron chi connectivity index (χ4n) is 6.26. The molecule has 4 heterocycles. The molecular weight excluding hydrogens is 518 g/mol. The number of carbonyl (C=O) groups excluding carboxylic acids is 1. The summed E-state index contributed by atoms with van der Waals surface area (Å²) < 4.78 is 11.2. The first kappa shape index (κ1) is 29.2. The van der Waals surface area contributed by atoms with Crippen molar-refractivity contribution in [3.8, 4) is 11.4 Å². The summed E-state index contributed by atoms with van der Waals surface area (Å²) in [6.07, 6.45) is 4.61. The first-order valence-electron chi connectivity index (χ1n) is 14.6. The normalized spacial score (nSPS) is 19.6. The molecule has 9 heteroatoms. The highest BCUT2D eigenvalue weighted by molar-refractivity contribution is 5.68. The first-order chi connectivity index (χ1) is 19.3. The van der Waals surface area contributed by atoms with Gasteiger partial charge in [-0.1, -0.05) is 50.2 Å². The molecule has 0 spiro atoms. The predicted molar refractivity (Wildman–Crippen MR) is 156 cm³/mol. The van der Waals surface area contributed by atoms with E-state index in [-0.39, 0.29) is 12.0 Å². The minimum absolute atomic E-state index is 0.0620. The quantitative estimate of drug-likeness (QED) is 0.417. The number of nitrogens with zero attached hydrogens (tertiary/aromatic N) is 5. The number of benzene rings is 1. The second-order valence-electron chi connectivity index (χ2n) is 13.4. The first-order valence-corrected chi connectivity index (χ1v) is 14.6. The molecule has 1 amide bonds. The van der Waals surface area contributed by atoms with E-state index in [1.165, 1.54) is 5.56 Å². The molecule has 5 rings (SSSR count). The van der Waals surface area contributed by atoms with Crippen LogP contribution in [0.4, 0.5) is 4.79 Å². The third kappa shape index (κ3) is 5.75. The van der Waals surface area contributed by atoms with E-state index in [1.807, 2.05) is 39.0 Å². The van der Waals surface area contributed by atoms with Crippen LogP contribution in [0.1, 0.15) is 88.8 Å². The highest BCUT2D eigenvalue weighted by atomic mass is 16.6. The molecule has 0 saturated carbocycles. The molecule has 0 radical (unpaired) electrons. The van der Waals surface area contributed by atoms with Crippen LogP contribution >= 0.6 is 0 Å². The van der Waals surface area contributed by atoms with Crippen LogP contribution in [0.25, 0.3) is 11.4 Å². The Balaban J connectivity index is 1.38. The topological polar surface area (TPSA) is 105 Å². The molecule has 2 saturated heterocycles. The zero-order valence-electron chi connectivity index (χ0n) is 25.3. The van der Waals surface area contributed by atoms with Gasteiger partial charge in [0.05, 0.1) is 0 Å². The average molecular weight is 562 g/mol. The molecule has 2 aliphatic rings. The number of pyridine rings is 1. The molecule has 9 nitrogen and oxygen atoms in total. The van der Waals surface area contributed by atoms with E-state index < -0.39 is 16.6 Å². The van der Waals surface area contributed by atoms with E-state index in [0.29, 0.717) is 41.8 Å². The van der Waals surface area contributed by atoms with E-state index >= 15 is 0 Å². The molecule has 1 aromatic carbocycles. The highest BCUT2D eigenvalue weighted by Gasteiger charge is 2.55. The fraction of sp³-hybridized carbons (Fsp3) is 0.562. The van der Waals surface area contributed by atoms with Gasteiger partial charge in [0.15, 0.2) is 0 Å². The zero-order chi connectivity index (χ0) is 29.6. The Kier molecular flexibility index (Phi) is 7.72. The van der Waals surface area contributed by atoms with E-state index in [9.17, 15) is 9.90 Å². The third-order valence-corrected chi connectivity index (χ3v) is 8.46. The van der Waals surface area contributed by atoms with Gasteiger partial charge in [0, 0.05) is 61.0 Å².